The summed E-state index contributed by atoms with van der Waals surface area (Å²) in [6.45, 7) is 0. The van der Waals surface area contributed by atoms with Gasteiger partial charge in [0.25, 0.3) is 0 Å². The van der Waals surface area contributed by atoms with E-state index in [-0.39, 0.29) is 0 Å². The van der Waals surface area contributed by atoms with E-state index >= 15 is 0 Å². The predicted molar refractivity (Wildman–Crippen MR) is 96.7 cm³/mol. The van der Waals surface area contributed by atoms with E-state index in [1.807, 2.05) is 60.7 Å². The molecule has 0 saturated carbocycles. The molecule has 6 heteroatoms. The summed E-state index contributed by atoms with van der Waals surface area (Å²) in [7, 11) is 1.65. The van der Waals surface area contributed by atoms with Gasteiger partial charge in [-0.25, -0.2) is 0 Å². The zero-order valence-electron chi connectivity index (χ0n) is 13.6. The van der Waals surface area contributed by atoms with Crippen LogP contribution in [0.5, 0.6) is 17.4 Å². The highest BCUT2D eigenvalue weighted by Gasteiger charge is 2.10. The van der Waals surface area contributed by atoms with Crippen molar-refractivity contribution in [3.8, 4) is 17.4 Å². The average Bonchev–Trinajstić information content (AvgIpc) is 3.15. The number of fused-ring (bicyclic) bond motifs is 1. The molecular formula is C19H16N4O2. The average molecular weight is 332 g/mol. The van der Waals surface area contributed by atoms with Crippen LogP contribution in [0.1, 0.15) is 0 Å². The number of benzene rings is 2. The normalized spacial score (nSPS) is 10.6. The topological polar surface area (TPSA) is 72.1 Å². The van der Waals surface area contributed by atoms with Crippen LogP contribution >= 0.6 is 0 Å². The van der Waals surface area contributed by atoms with Crippen molar-refractivity contribution in [1.29, 1.82) is 0 Å². The molecule has 6 nitrogen and oxygen atoms in total. The number of hydrogen-bond acceptors (Lipinski definition) is 5. The number of anilines is 2. The number of para-hydroxylation sites is 1. The van der Waals surface area contributed by atoms with Crippen LogP contribution in [0.25, 0.3) is 10.8 Å². The van der Waals surface area contributed by atoms with Crippen LogP contribution in [-0.4, -0.2) is 22.3 Å². The minimum absolute atomic E-state index is 0.518. The molecule has 4 rings (SSSR count). The summed E-state index contributed by atoms with van der Waals surface area (Å²) in [5, 5.41) is 11.9. The van der Waals surface area contributed by atoms with Gasteiger partial charge in [0.1, 0.15) is 17.3 Å². The first-order valence-electron chi connectivity index (χ1n) is 7.80. The van der Waals surface area contributed by atoms with Crippen molar-refractivity contribution in [3.05, 3.63) is 66.9 Å². The number of nitrogens with zero attached hydrogens (tertiary/aromatic N) is 2. The number of ether oxygens (including phenoxy) is 2. The third-order valence-electron chi connectivity index (χ3n) is 3.72. The lowest BCUT2D eigenvalue weighted by Gasteiger charge is -2.12. The second-order valence-electron chi connectivity index (χ2n) is 5.40. The molecule has 0 bridgehead atoms. The predicted octanol–water partition coefficient (Wildman–Crippen LogP) is 4.50. The van der Waals surface area contributed by atoms with Gasteiger partial charge in [0.05, 0.1) is 7.11 Å². The molecule has 0 amide bonds. The van der Waals surface area contributed by atoms with E-state index in [4.69, 9.17) is 9.47 Å². The van der Waals surface area contributed by atoms with Crippen LogP contribution in [0, 0.1) is 0 Å². The fraction of sp³-hybridized carbons (Fsp3) is 0.0526. The standard InChI is InChI=1S/C19H16N4O2/c1-24-15-7-8-16-13(11-15)12-18(21-17-9-10-20-23-17)22-19(16)25-14-5-3-2-4-6-14/h2-12H,1H3,(H2,20,21,22,23). The maximum atomic E-state index is 6.00. The van der Waals surface area contributed by atoms with E-state index in [1.165, 1.54) is 0 Å². The van der Waals surface area contributed by atoms with E-state index in [0.29, 0.717) is 17.5 Å². The van der Waals surface area contributed by atoms with Gasteiger partial charge in [0.15, 0.2) is 5.82 Å². The van der Waals surface area contributed by atoms with E-state index < -0.39 is 0 Å². The van der Waals surface area contributed by atoms with Crippen molar-refractivity contribution in [2.45, 2.75) is 0 Å². The number of rotatable bonds is 5. The number of H-pyrrole nitrogens is 1. The lowest BCUT2D eigenvalue weighted by molar-refractivity contribution is 0.415. The Hall–Kier alpha value is -3.54. The van der Waals surface area contributed by atoms with Crippen LogP contribution in [0.3, 0.4) is 0 Å². The quantitative estimate of drug-likeness (QED) is 0.563. The molecule has 0 aliphatic heterocycles. The summed E-state index contributed by atoms with van der Waals surface area (Å²) in [5.74, 6) is 3.34. The summed E-state index contributed by atoms with van der Waals surface area (Å²) < 4.78 is 11.3. The lowest BCUT2D eigenvalue weighted by atomic mass is 10.1. The first kappa shape index (κ1) is 15.0. The molecule has 0 saturated heterocycles. The van der Waals surface area contributed by atoms with Crippen molar-refractivity contribution >= 4 is 22.4 Å². The molecule has 2 aromatic carbocycles. The zero-order chi connectivity index (χ0) is 17.1. The highest BCUT2D eigenvalue weighted by molar-refractivity contribution is 5.90. The summed E-state index contributed by atoms with van der Waals surface area (Å²) >= 11 is 0. The highest BCUT2D eigenvalue weighted by atomic mass is 16.5. The molecule has 2 aromatic heterocycles. The second-order valence-corrected chi connectivity index (χ2v) is 5.40. The Morgan fingerprint density at radius 3 is 2.56 bits per heavy atom. The third kappa shape index (κ3) is 3.23. The Morgan fingerprint density at radius 1 is 0.920 bits per heavy atom. The van der Waals surface area contributed by atoms with Gasteiger partial charge in [-0.3, -0.25) is 5.10 Å². The highest BCUT2D eigenvalue weighted by Crippen LogP contribution is 2.33. The van der Waals surface area contributed by atoms with Crippen molar-refractivity contribution in [2.75, 3.05) is 12.4 Å². The summed E-state index contributed by atoms with van der Waals surface area (Å²) in [4.78, 5) is 4.60. The zero-order valence-corrected chi connectivity index (χ0v) is 13.6. The molecule has 0 unspecified atom stereocenters. The van der Waals surface area contributed by atoms with E-state index in [9.17, 15) is 0 Å². The Kier molecular flexibility index (Phi) is 3.92. The minimum atomic E-state index is 0.518. The Balaban J connectivity index is 1.80. The van der Waals surface area contributed by atoms with Crippen LogP contribution in [0.15, 0.2) is 66.9 Å². The van der Waals surface area contributed by atoms with Crippen LogP contribution < -0.4 is 14.8 Å². The molecule has 0 radical (unpaired) electrons. The maximum Gasteiger partial charge on any atom is 0.229 e. The van der Waals surface area contributed by atoms with Crippen molar-refractivity contribution in [2.24, 2.45) is 0 Å². The van der Waals surface area contributed by atoms with Gasteiger partial charge in [-0.2, -0.15) is 10.1 Å². The van der Waals surface area contributed by atoms with Crippen LogP contribution in [-0.2, 0) is 0 Å². The molecule has 0 spiro atoms. The van der Waals surface area contributed by atoms with Crippen molar-refractivity contribution in [3.63, 3.8) is 0 Å². The Bertz CT molecular complexity index is 985. The fourth-order valence-electron chi connectivity index (χ4n) is 2.53. The number of hydrogen-bond donors (Lipinski definition) is 2. The molecule has 2 N–H and O–H groups in total. The largest absolute Gasteiger partial charge is 0.497 e. The molecule has 0 atom stereocenters. The third-order valence-corrected chi connectivity index (χ3v) is 3.72. The van der Waals surface area contributed by atoms with Gasteiger partial charge >= 0.3 is 0 Å². The van der Waals surface area contributed by atoms with Gasteiger partial charge in [-0.05, 0) is 41.8 Å². The molecule has 2 heterocycles. The number of aromatic nitrogens is 3. The maximum absolute atomic E-state index is 6.00. The lowest BCUT2D eigenvalue weighted by Crippen LogP contribution is -1.97. The van der Waals surface area contributed by atoms with Crippen molar-refractivity contribution < 1.29 is 9.47 Å². The summed E-state index contributed by atoms with van der Waals surface area (Å²) in [5.41, 5.74) is 0. The number of methoxy groups -OCH3 is 1. The monoisotopic (exact) mass is 332 g/mol. The van der Waals surface area contributed by atoms with Crippen LogP contribution in [0.2, 0.25) is 0 Å². The smallest absolute Gasteiger partial charge is 0.229 e. The van der Waals surface area contributed by atoms with Gasteiger partial charge in [-0.1, -0.05) is 18.2 Å². The number of pyridine rings is 1. The van der Waals surface area contributed by atoms with Gasteiger partial charge < -0.3 is 14.8 Å². The first-order chi connectivity index (χ1) is 12.3. The molecular weight excluding hydrogens is 316 g/mol. The van der Waals surface area contributed by atoms with Gasteiger partial charge in [0, 0.05) is 17.6 Å². The van der Waals surface area contributed by atoms with Gasteiger partial charge in [-0.15, -0.1) is 0 Å². The molecule has 124 valence electrons. The SMILES string of the molecule is COc1ccc2c(Oc3ccccc3)nc(Nc3cc[nH]n3)cc2c1. The molecule has 25 heavy (non-hydrogen) atoms. The summed E-state index contributed by atoms with van der Waals surface area (Å²) in [6, 6.07) is 19.1. The molecule has 0 aliphatic rings. The van der Waals surface area contributed by atoms with Crippen molar-refractivity contribution in [1.82, 2.24) is 15.2 Å². The van der Waals surface area contributed by atoms with E-state index in [0.717, 1.165) is 22.3 Å². The molecule has 0 aliphatic carbocycles. The molecule has 0 fully saturated rings. The molecule has 4 aromatic rings. The Labute approximate surface area is 144 Å². The van der Waals surface area contributed by atoms with Crippen LogP contribution in [0.4, 0.5) is 11.6 Å². The van der Waals surface area contributed by atoms with Gasteiger partial charge in [0.2, 0.25) is 5.88 Å². The minimum Gasteiger partial charge on any atom is -0.497 e. The summed E-state index contributed by atoms with van der Waals surface area (Å²) in [6.07, 6.45) is 1.74. The van der Waals surface area contributed by atoms with E-state index in [2.05, 4.69) is 20.5 Å². The number of aromatic amines is 1. The Morgan fingerprint density at radius 2 is 1.80 bits per heavy atom. The fourth-order valence-corrected chi connectivity index (χ4v) is 2.53. The van der Waals surface area contributed by atoms with E-state index in [1.54, 1.807) is 13.3 Å². The number of nitrogens with one attached hydrogen (secondary N) is 2. The second kappa shape index (κ2) is 6.52. The first-order valence-corrected chi connectivity index (χ1v) is 7.80.